The minimum Gasteiger partial charge on any atom is -0.496 e. The number of nitrogens with zero attached hydrogens (tertiary/aromatic N) is 4. The number of aromatic nitrogens is 5. The molecule has 0 saturated heterocycles. The van der Waals surface area contributed by atoms with E-state index in [1.54, 1.807) is 12.1 Å². The van der Waals surface area contributed by atoms with Gasteiger partial charge in [-0.3, -0.25) is 14.4 Å². The van der Waals surface area contributed by atoms with E-state index in [1.807, 2.05) is 0 Å². The van der Waals surface area contributed by atoms with Crippen LogP contribution in [0.3, 0.4) is 0 Å². The summed E-state index contributed by atoms with van der Waals surface area (Å²) in [5.41, 5.74) is 1.31. The molecule has 1 amide bonds. The summed E-state index contributed by atoms with van der Waals surface area (Å²) >= 11 is 0. The van der Waals surface area contributed by atoms with Crippen molar-refractivity contribution in [3.63, 3.8) is 0 Å². The molecule has 26 heavy (non-hydrogen) atoms. The van der Waals surface area contributed by atoms with Crippen LogP contribution in [-0.4, -0.2) is 56.8 Å². The number of nitrogens with one attached hydrogen (secondary N) is 2. The molecule has 0 fully saturated rings. The topological polar surface area (TPSA) is 132 Å². The van der Waals surface area contributed by atoms with E-state index < -0.39 is 11.6 Å². The molecule has 0 aliphatic carbocycles. The van der Waals surface area contributed by atoms with Crippen LogP contribution in [0.25, 0.3) is 22.3 Å². The number of fused-ring (bicyclic) bond motifs is 1. The van der Waals surface area contributed by atoms with E-state index in [-0.39, 0.29) is 23.8 Å². The molecule has 2 N–H and O–H groups in total. The Labute approximate surface area is 147 Å². The van der Waals surface area contributed by atoms with Gasteiger partial charge in [-0.1, -0.05) is 0 Å². The summed E-state index contributed by atoms with van der Waals surface area (Å²) in [5, 5.41) is 14.9. The van der Waals surface area contributed by atoms with Gasteiger partial charge in [0.1, 0.15) is 12.3 Å². The quantitative estimate of drug-likeness (QED) is 0.481. The smallest absolute Gasteiger partial charge is 0.243 e. The van der Waals surface area contributed by atoms with Crippen LogP contribution >= 0.6 is 0 Å². The van der Waals surface area contributed by atoms with Gasteiger partial charge in [0, 0.05) is 25.7 Å². The highest BCUT2D eigenvalue weighted by Crippen LogP contribution is 2.35. The maximum absolute atomic E-state index is 12.2. The number of ketones is 2. The number of amides is 1. The summed E-state index contributed by atoms with van der Waals surface area (Å²) in [6.07, 6.45) is 1.45. The molecule has 3 rings (SSSR count). The number of carbonyl (C=O) groups excluding carboxylic acids is 3. The number of hydrogen-bond acceptors (Lipinski definition) is 7. The lowest BCUT2D eigenvalue weighted by Gasteiger charge is -2.06. The van der Waals surface area contributed by atoms with Crippen LogP contribution in [0.4, 0.5) is 0 Å². The van der Waals surface area contributed by atoms with Crippen LogP contribution in [0.5, 0.6) is 5.75 Å². The molecule has 0 saturated carbocycles. The first-order chi connectivity index (χ1) is 12.5. The average Bonchev–Trinajstić information content (AvgIpc) is 3.27. The van der Waals surface area contributed by atoms with Crippen molar-refractivity contribution in [1.82, 2.24) is 30.5 Å². The van der Waals surface area contributed by atoms with Crippen LogP contribution in [0.2, 0.25) is 0 Å². The van der Waals surface area contributed by atoms with Gasteiger partial charge in [0.15, 0.2) is 5.78 Å². The van der Waals surface area contributed by atoms with Crippen molar-refractivity contribution in [3.05, 3.63) is 23.9 Å². The normalized spacial score (nSPS) is 10.7. The molecule has 2 aromatic heterocycles. The summed E-state index contributed by atoms with van der Waals surface area (Å²) in [6.45, 7) is 1.14. The second-order valence-electron chi connectivity index (χ2n) is 5.47. The third-order valence-electron chi connectivity index (χ3n) is 3.84. The maximum Gasteiger partial charge on any atom is 0.243 e. The van der Waals surface area contributed by atoms with Crippen LogP contribution < -0.4 is 10.1 Å². The van der Waals surface area contributed by atoms with Crippen molar-refractivity contribution >= 4 is 28.4 Å². The number of hydrogen-bond donors (Lipinski definition) is 2. The minimum absolute atomic E-state index is 0.0679. The SMILES string of the molecule is CNC(=O)Cn1nnc(-c2ccc(OC)c3c(C(=O)C(C)=O)c[nH]c23)n1. The van der Waals surface area contributed by atoms with E-state index in [4.69, 9.17) is 4.74 Å². The van der Waals surface area contributed by atoms with Crippen LogP contribution in [0.1, 0.15) is 17.3 Å². The molecule has 2 heterocycles. The Morgan fingerprint density at radius 1 is 1.31 bits per heavy atom. The van der Waals surface area contributed by atoms with Crippen molar-refractivity contribution in [2.75, 3.05) is 14.2 Å². The van der Waals surface area contributed by atoms with Crippen molar-refractivity contribution in [3.8, 4) is 17.1 Å². The molecule has 3 aromatic rings. The lowest BCUT2D eigenvalue weighted by atomic mass is 10.0. The third kappa shape index (κ3) is 2.92. The number of aromatic amines is 1. The van der Waals surface area contributed by atoms with E-state index in [1.165, 1.54) is 27.3 Å². The molecule has 134 valence electrons. The summed E-state index contributed by atoms with van der Waals surface area (Å²) in [4.78, 5) is 39.2. The Morgan fingerprint density at radius 2 is 2.08 bits per heavy atom. The van der Waals surface area contributed by atoms with Gasteiger partial charge in [0.25, 0.3) is 0 Å². The second kappa shape index (κ2) is 6.75. The molecule has 0 spiro atoms. The van der Waals surface area contributed by atoms with Gasteiger partial charge in [-0.2, -0.15) is 4.80 Å². The molecule has 0 radical (unpaired) electrons. The third-order valence-corrected chi connectivity index (χ3v) is 3.84. The van der Waals surface area contributed by atoms with Gasteiger partial charge in [0.05, 0.1) is 23.6 Å². The van der Waals surface area contributed by atoms with Gasteiger partial charge >= 0.3 is 0 Å². The van der Waals surface area contributed by atoms with Crippen LogP contribution in [-0.2, 0) is 16.1 Å². The Kier molecular flexibility index (Phi) is 4.48. The number of methoxy groups -OCH3 is 1. The monoisotopic (exact) mass is 356 g/mol. The van der Waals surface area contributed by atoms with Crippen molar-refractivity contribution < 1.29 is 19.1 Å². The Bertz CT molecular complexity index is 1020. The molecular formula is C16H16N6O4. The van der Waals surface area contributed by atoms with Crippen LogP contribution in [0, 0.1) is 0 Å². The number of rotatable bonds is 6. The zero-order chi connectivity index (χ0) is 18.8. The fourth-order valence-electron chi connectivity index (χ4n) is 2.57. The van der Waals surface area contributed by atoms with Gasteiger partial charge in [-0.25, -0.2) is 0 Å². The average molecular weight is 356 g/mol. The van der Waals surface area contributed by atoms with E-state index in [9.17, 15) is 14.4 Å². The predicted octanol–water partition coefficient (Wildman–Crippen LogP) is 0.348. The fourth-order valence-corrected chi connectivity index (χ4v) is 2.57. The molecule has 0 atom stereocenters. The lowest BCUT2D eigenvalue weighted by Crippen LogP contribution is -2.24. The second-order valence-corrected chi connectivity index (χ2v) is 5.47. The molecule has 1 aromatic carbocycles. The highest BCUT2D eigenvalue weighted by Gasteiger charge is 2.22. The van der Waals surface area contributed by atoms with E-state index in [0.29, 0.717) is 22.2 Å². The summed E-state index contributed by atoms with van der Waals surface area (Å²) < 4.78 is 5.32. The Morgan fingerprint density at radius 3 is 2.73 bits per heavy atom. The molecule has 10 heteroatoms. The maximum atomic E-state index is 12.2. The summed E-state index contributed by atoms with van der Waals surface area (Å²) in [5.74, 6) is -0.753. The van der Waals surface area contributed by atoms with E-state index in [0.717, 1.165) is 4.80 Å². The minimum atomic E-state index is -0.622. The highest BCUT2D eigenvalue weighted by molar-refractivity contribution is 6.45. The molecule has 0 aliphatic rings. The zero-order valence-corrected chi connectivity index (χ0v) is 14.4. The predicted molar refractivity (Wildman–Crippen MR) is 90.7 cm³/mol. The number of Topliss-reactive ketones (excluding diaryl/α,β-unsaturated/α-hetero) is 2. The first-order valence-electron chi connectivity index (χ1n) is 7.68. The standard InChI is InChI=1S/C16H16N6O4/c1-8(23)15(25)10-6-18-14-9(4-5-11(26-3)13(10)14)16-19-21-22(20-16)7-12(24)17-2/h4-6,18H,7H2,1-3H3,(H,17,24). The summed E-state index contributed by atoms with van der Waals surface area (Å²) in [7, 11) is 2.99. The zero-order valence-electron chi connectivity index (χ0n) is 14.4. The summed E-state index contributed by atoms with van der Waals surface area (Å²) in [6, 6.07) is 3.36. The number of carbonyl (C=O) groups is 3. The molecule has 0 aliphatic heterocycles. The first-order valence-corrected chi connectivity index (χ1v) is 7.68. The van der Waals surface area contributed by atoms with Crippen LogP contribution in [0.15, 0.2) is 18.3 Å². The molecular weight excluding hydrogens is 340 g/mol. The van der Waals surface area contributed by atoms with Gasteiger partial charge in [-0.15, -0.1) is 10.2 Å². The fraction of sp³-hybridized carbons (Fsp3) is 0.250. The highest BCUT2D eigenvalue weighted by atomic mass is 16.5. The van der Waals surface area contributed by atoms with Crippen molar-refractivity contribution in [1.29, 1.82) is 0 Å². The van der Waals surface area contributed by atoms with Crippen molar-refractivity contribution in [2.45, 2.75) is 13.5 Å². The number of tetrazole rings is 1. The van der Waals surface area contributed by atoms with E-state index >= 15 is 0 Å². The molecule has 0 unspecified atom stereocenters. The van der Waals surface area contributed by atoms with Crippen molar-refractivity contribution in [2.24, 2.45) is 0 Å². The number of benzene rings is 1. The Hall–Kier alpha value is -3.56. The lowest BCUT2D eigenvalue weighted by molar-refractivity contribution is -0.121. The molecule has 0 bridgehead atoms. The van der Waals surface area contributed by atoms with Gasteiger partial charge in [0.2, 0.25) is 17.5 Å². The van der Waals surface area contributed by atoms with Gasteiger partial charge < -0.3 is 15.0 Å². The van der Waals surface area contributed by atoms with Gasteiger partial charge in [-0.05, 0) is 17.3 Å². The van der Waals surface area contributed by atoms with E-state index in [2.05, 4.69) is 25.7 Å². The number of ether oxygens (including phenoxy) is 1. The first kappa shape index (κ1) is 17.3. The molecule has 10 nitrogen and oxygen atoms in total. The largest absolute Gasteiger partial charge is 0.496 e. The number of H-pyrrole nitrogens is 1. The Balaban J connectivity index is 2.12. The number of likely N-dealkylation sites (N-methyl/N-ethyl adjacent to an activating group) is 1.